The summed E-state index contributed by atoms with van der Waals surface area (Å²) in [5.74, 6) is -0.0917. The third-order valence-electron chi connectivity index (χ3n) is 3.47. The number of nitro groups is 1. The summed E-state index contributed by atoms with van der Waals surface area (Å²) in [6, 6.07) is 7.84. The molecule has 0 heterocycles. The second-order valence-corrected chi connectivity index (χ2v) is 7.09. The molecular weight excluding hydrogens is 362 g/mol. The first kappa shape index (κ1) is 19.2. The van der Waals surface area contributed by atoms with E-state index in [1.807, 2.05) is 0 Å². The molecule has 0 saturated heterocycles. The highest BCUT2D eigenvalue weighted by Gasteiger charge is 2.19. The number of ether oxygens (including phenoxy) is 1. The van der Waals surface area contributed by atoms with E-state index in [-0.39, 0.29) is 27.9 Å². The third kappa shape index (κ3) is 4.28. The number of rotatable bonds is 6. The number of anilines is 2. The Labute approximate surface area is 150 Å². The molecule has 2 aromatic carbocycles. The van der Waals surface area contributed by atoms with E-state index in [1.165, 1.54) is 44.4 Å². The summed E-state index contributed by atoms with van der Waals surface area (Å²) in [5, 5.41) is 13.4. The fourth-order valence-electron chi connectivity index (χ4n) is 2.18. The highest BCUT2D eigenvalue weighted by molar-refractivity contribution is 7.92. The number of amides is 1. The van der Waals surface area contributed by atoms with Crippen molar-refractivity contribution in [2.75, 3.05) is 17.1 Å². The van der Waals surface area contributed by atoms with E-state index in [9.17, 15) is 23.3 Å². The average molecular weight is 379 g/mol. The number of nitro benzene ring substituents is 1. The first-order chi connectivity index (χ1) is 12.1. The Morgan fingerprint density at radius 2 is 1.85 bits per heavy atom. The van der Waals surface area contributed by atoms with Gasteiger partial charge in [0.15, 0.2) is 0 Å². The zero-order chi connectivity index (χ0) is 19.5. The van der Waals surface area contributed by atoms with Gasteiger partial charge in [-0.3, -0.25) is 19.6 Å². The average Bonchev–Trinajstić information content (AvgIpc) is 2.55. The Kier molecular flexibility index (Phi) is 5.46. The number of aryl methyl sites for hydroxylation is 1. The minimum Gasteiger partial charge on any atom is -0.495 e. The van der Waals surface area contributed by atoms with Crippen molar-refractivity contribution in [3.8, 4) is 5.75 Å². The molecule has 9 nitrogen and oxygen atoms in total. The van der Waals surface area contributed by atoms with Crippen molar-refractivity contribution in [2.24, 2.45) is 0 Å². The molecule has 0 aliphatic carbocycles. The van der Waals surface area contributed by atoms with Crippen LogP contribution in [0.1, 0.15) is 12.5 Å². The Hall–Kier alpha value is -3.14. The molecule has 2 N–H and O–H groups in total. The van der Waals surface area contributed by atoms with Crippen LogP contribution in [-0.2, 0) is 14.8 Å². The van der Waals surface area contributed by atoms with Crippen molar-refractivity contribution >= 4 is 33.0 Å². The summed E-state index contributed by atoms with van der Waals surface area (Å²) >= 11 is 0. The van der Waals surface area contributed by atoms with Gasteiger partial charge in [-0.1, -0.05) is 6.07 Å². The number of hydrogen-bond acceptors (Lipinski definition) is 6. The molecule has 0 bridgehead atoms. The Balaban J connectivity index is 2.43. The number of benzene rings is 2. The Morgan fingerprint density at radius 1 is 1.15 bits per heavy atom. The normalized spacial score (nSPS) is 10.9. The van der Waals surface area contributed by atoms with Crippen LogP contribution in [0.15, 0.2) is 41.3 Å². The topological polar surface area (TPSA) is 128 Å². The summed E-state index contributed by atoms with van der Waals surface area (Å²) < 4.78 is 32.7. The summed E-state index contributed by atoms with van der Waals surface area (Å²) in [6.45, 7) is 2.91. The van der Waals surface area contributed by atoms with Crippen LogP contribution in [0.5, 0.6) is 5.75 Å². The zero-order valence-corrected chi connectivity index (χ0v) is 15.1. The zero-order valence-electron chi connectivity index (χ0n) is 14.3. The molecule has 10 heteroatoms. The Morgan fingerprint density at radius 3 is 2.42 bits per heavy atom. The molecule has 0 aliphatic rings. The van der Waals surface area contributed by atoms with Crippen molar-refractivity contribution in [3.63, 3.8) is 0 Å². The van der Waals surface area contributed by atoms with Crippen LogP contribution in [0.4, 0.5) is 17.1 Å². The minimum absolute atomic E-state index is 0.0936. The fraction of sp³-hybridized carbons (Fsp3) is 0.188. The lowest BCUT2D eigenvalue weighted by Gasteiger charge is -2.13. The molecule has 2 rings (SSSR count). The highest BCUT2D eigenvalue weighted by atomic mass is 32.2. The van der Waals surface area contributed by atoms with Crippen LogP contribution in [0, 0.1) is 17.0 Å². The lowest BCUT2D eigenvalue weighted by molar-refractivity contribution is -0.384. The number of nitrogens with one attached hydrogen (secondary N) is 2. The molecular formula is C16H17N3O6S. The van der Waals surface area contributed by atoms with Crippen LogP contribution in [0.25, 0.3) is 0 Å². The van der Waals surface area contributed by atoms with Gasteiger partial charge in [-0.2, -0.15) is 0 Å². The van der Waals surface area contributed by atoms with Crippen LogP contribution >= 0.6 is 0 Å². The number of methoxy groups -OCH3 is 1. The quantitative estimate of drug-likeness (QED) is 0.587. The first-order valence-corrected chi connectivity index (χ1v) is 8.86. The maximum atomic E-state index is 12.6. The first-order valence-electron chi connectivity index (χ1n) is 7.37. The predicted octanol–water partition coefficient (Wildman–Crippen LogP) is 2.67. The van der Waals surface area contributed by atoms with Crippen LogP contribution in [0.2, 0.25) is 0 Å². The minimum atomic E-state index is -4.04. The van der Waals surface area contributed by atoms with Gasteiger partial charge < -0.3 is 10.1 Å². The number of nitrogens with zero attached hydrogens (tertiary/aromatic N) is 1. The molecule has 0 radical (unpaired) electrons. The SMILES string of the molecule is COc1ccc(S(=O)(=O)Nc2cc([N+](=O)[O-])ccc2C)cc1NC(C)=O. The second kappa shape index (κ2) is 7.40. The predicted molar refractivity (Wildman–Crippen MR) is 95.9 cm³/mol. The molecule has 0 aliphatic heterocycles. The largest absolute Gasteiger partial charge is 0.495 e. The van der Waals surface area contributed by atoms with Crippen molar-refractivity contribution in [3.05, 3.63) is 52.1 Å². The van der Waals surface area contributed by atoms with Crippen LogP contribution < -0.4 is 14.8 Å². The van der Waals surface area contributed by atoms with Gasteiger partial charge >= 0.3 is 0 Å². The number of carbonyl (C=O) groups excluding carboxylic acids is 1. The van der Waals surface area contributed by atoms with E-state index in [0.717, 1.165) is 6.07 Å². The van der Waals surface area contributed by atoms with Crippen LogP contribution in [0.3, 0.4) is 0 Å². The van der Waals surface area contributed by atoms with Gasteiger partial charge in [0.1, 0.15) is 5.75 Å². The molecule has 0 unspecified atom stereocenters. The standard InChI is InChI=1S/C16H17N3O6S/c1-10-4-5-12(19(21)22)8-14(10)18-26(23,24)13-6-7-16(25-3)15(9-13)17-11(2)20/h4-9,18H,1-3H3,(H,17,20). The van der Waals surface area contributed by atoms with E-state index in [1.54, 1.807) is 6.92 Å². The maximum Gasteiger partial charge on any atom is 0.271 e. The van der Waals surface area contributed by atoms with Crippen molar-refractivity contribution in [1.82, 2.24) is 0 Å². The molecule has 26 heavy (non-hydrogen) atoms. The van der Waals surface area contributed by atoms with E-state index in [4.69, 9.17) is 4.74 Å². The molecule has 0 fully saturated rings. The van der Waals surface area contributed by atoms with Crippen molar-refractivity contribution in [1.29, 1.82) is 0 Å². The number of sulfonamides is 1. The highest BCUT2D eigenvalue weighted by Crippen LogP contribution is 2.29. The van der Waals surface area contributed by atoms with Gasteiger partial charge in [-0.15, -0.1) is 0 Å². The molecule has 138 valence electrons. The van der Waals surface area contributed by atoms with Crippen molar-refractivity contribution in [2.45, 2.75) is 18.7 Å². The molecule has 2 aromatic rings. The summed E-state index contributed by atoms with van der Waals surface area (Å²) in [4.78, 5) is 21.4. The van der Waals surface area contributed by atoms with Gasteiger partial charge in [0.05, 0.1) is 28.3 Å². The fourth-order valence-corrected chi connectivity index (χ4v) is 3.33. The second-order valence-electron chi connectivity index (χ2n) is 5.41. The number of carbonyl (C=O) groups is 1. The van der Waals surface area contributed by atoms with Gasteiger partial charge in [-0.05, 0) is 30.7 Å². The van der Waals surface area contributed by atoms with Gasteiger partial charge in [0.2, 0.25) is 5.91 Å². The maximum absolute atomic E-state index is 12.6. The lowest BCUT2D eigenvalue weighted by atomic mass is 10.2. The van der Waals surface area contributed by atoms with Crippen LogP contribution in [-0.4, -0.2) is 26.4 Å². The molecule has 0 aromatic heterocycles. The van der Waals surface area contributed by atoms with E-state index < -0.39 is 14.9 Å². The van der Waals surface area contributed by atoms with Gasteiger partial charge in [0, 0.05) is 19.1 Å². The molecule has 0 spiro atoms. The van der Waals surface area contributed by atoms with E-state index >= 15 is 0 Å². The van der Waals surface area contributed by atoms with Crippen molar-refractivity contribution < 1.29 is 22.9 Å². The lowest BCUT2D eigenvalue weighted by Crippen LogP contribution is -2.15. The number of hydrogen-bond donors (Lipinski definition) is 2. The summed E-state index contributed by atoms with van der Waals surface area (Å²) in [7, 11) is -2.65. The van der Waals surface area contributed by atoms with Gasteiger partial charge in [-0.25, -0.2) is 8.42 Å². The molecule has 0 atom stereocenters. The third-order valence-corrected chi connectivity index (χ3v) is 4.83. The Bertz CT molecular complexity index is 972. The molecule has 0 saturated carbocycles. The summed E-state index contributed by atoms with van der Waals surface area (Å²) in [5.41, 5.74) is 0.575. The monoisotopic (exact) mass is 379 g/mol. The summed E-state index contributed by atoms with van der Waals surface area (Å²) in [6.07, 6.45) is 0. The number of non-ortho nitro benzene ring substituents is 1. The molecule has 1 amide bonds. The van der Waals surface area contributed by atoms with E-state index in [2.05, 4.69) is 10.0 Å². The smallest absolute Gasteiger partial charge is 0.271 e. The van der Waals surface area contributed by atoms with E-state index in [0.29, 0.717) is 11.3 Å². The van der Waals surface area contributed by atoms with Gasteiger partial charge in [0.25, 0.3) is 15.7 Å².